The first kappa shape index (κ1) is 17.9. The summed E-state index contributed by atoms with van der Waals surface area (Å²) in [7, 11) is 0. The van der Waals surface area contributed by atoms with Crippen LogP contribution in [0.5, 0.6) is 0 Å². The number of hydrogen-bond donors (Lipinski definition) is 2. The maximum atomic E-state index is 13.3. The van der Waals surface area contributed by atoms with Crippen molar-refractivity contribution in [2.45, 2.75) is 39.3 Å². The third-order valence-electron chi connectivity index (χ3n) is 3.90. The summed E-state index contributed by atoms with van der Waals surface area (Å²) in [4.78, 5) is 26.0. The van der Waals surface area contributed by atoms with Gasteiger partial charge in [-0.25, -0.2) is 9.18 Å². The molecule has 2 heterocycles. The zero-order valence-electron chi connectivity index (χ0n) is 14.9. The number of benzene rings is 1. The maximum Gasteiger partial charge on any atom is 0.410 e. The largest absolute Gasteiger partial charge is 0.444 e. The molecule has 0 spiro atoms. The van der Waals surface area contributed by atoms with E-state index in [4.69, 9.17) is 4.74 Å². The fourth-order valence-electron chi connectivity index (χ4n) is 2.71. The first-order valence-electron chi connectivity index (χ1n) is 8.34. The lowest BCUT2D eigenvalue weighted by Crippen LogP contribution is -2.39. The fourth-order valence-corrected chi connectivity index (χ4v) is 2.71. The average molecular weight is 360 g/mol. The Bertz CT molecular complexity index is 841. The van der Waals surface area contributed by atoms with Gasteiger partial charge >= 0.3 is 6.09 Å². The van der Waals surface area contributed by atoms with Crippen molar-refractivity contribution in [3.8, 4) is 0 Å². The smallest absolute Gasteiger partial charge is 0.410 e. The standard InChI is InChI=1S/C18H21FN4O3/c1-18(2,3)26-17(25)23-8-7-13-14(10-23)21-22-15(13)20-16(24)11-5-4-6-12(19)9-11/h4-6,9H,7-8,10H2,1-3H3,(H2,20,21,22,24). The van der Waals surface area contributed by atoms with E-state index in [0.717, 1.165) is 11.3 Å². The SMILES string of the molecule is CC(C)(C)OC(=O)N1CCc2c(NC(=O)c3cccc(F)c3)n[nH]c2C1. The Balaban J connectivity index is 1.69. The number of nitrogens with zero attached hydrogens (tertiary/aromatic N) is 2. The van der Waals surface area contributed by atoms with Crippen LogP contribution in [0.2, 0.25) is 0 Å². The van der Waals surface area contributed by atoms with Crippen LogP contribution in [0.15, 0.2) is 24.3 Å². The maximum absolute atomic E-state index is 13.3. The molecule has 26 heavy (non-hydrogen) atoms. The zero-order chi connectivity index (χ0) is 18.9. The molecule has 1 aromatic heterocycles. The van der Waals surface area contributed by atoms with Gasteiger partial charge in [0.25, 0.3) is 5.91 Å². The summed E-state index contributed by atoms with van der Waals surface area (Å²) in [6, 6.07) is 5.45. The number of carbonyl (C=O) groups is 2. The second-order valence-electron chi connectivity index (χ2n) is 7.15. The van der Waals surface area contributed by atoms with E-state index in [1.807, 2.05) is 20.8 Å². The number of amides is 2. The average Bonchev–Trinajstić information content (AvgIpc) is 2.95. The normalized spacial score (nSPS) is 13.9. The molecule has 138 valence electrons. The molecule has 3 rings (SSSR count). The number of H-pyrrole nitrogens is 1. The first-order chi connectivity index (χ1) is 12.2. The molecule has 0 unspecified atom stereocenters. The highest BCUT2D eigenvalue weighted by atomic mass is 19.1. The van der Waals surface area contributed by atoms with E-state index in [1.54, 1.807) is 4.90 Å². The molecule has 1 aliphatic rings. The second kappa shape index (κ2) is 6.78. The minimum Gasteiger partial charge on any atom is -0.444 e. The van der Waals surface area contributed by atoms with Gasteiger partial charge in [0.2, 0.25) is 0 Å². The van der Waals surface area contributed by atoms with E-state index >= 15 is 0 Å². The summed E-state index contributed by atoms with van der Waals surface area (Å²) in [6.07, 6.45) is 0.146. The van der Waals surface area contributed by atoms with Gasteiger partial charge in [0, 0.05) is 17.7 Å². The number of halogens is 1. The Kier molecular flexibility index (Phi) is 4.67. The van der Waals surface area contributed by atoms with Crippen molar-refractivity contribution in [2.75, 3.05) is 11.9 Å². The highest BCUT2D eigenvalue weighted by Crippen LogP contribution is 2.25. The van der Waals surface area contributed by atoms with E-state index in [1.165, 1.54) is 24.3 Å². The van der Waals surface area contributed by atoms with Gasteiger partial charge in [-0.3, -0.25) is 9.89 Å². The lowest BCUT2D eigenvalue weighted by molar-refractivity contribution is 0.0221. The minimum absolute atomic E-state index is 0.216. The summed E-state index contributed by atoms with van der Waals surface area (Å²) < 4.78 is 18.6. The van der Waals surface area contributed by atoms with E-state index in [0.29, 0.717) is 25.3 Å². The number of fused-ring (bicyclic) bond motifs is 1. The van der Waals surface area contributed by atoms with Crippen LogP contribution in [0.1, 0.15) is 42.4 Å². The fraction of sp³-hybridized carbons (Fsp3) is 0.389. The van der Waals surface area contributed by atoms with Crippen molar-refractivity contribution in [1.82, 2.24) is 15.1 Å². The number of hydrogen-bond acceptors (Lipinski definition) is 4. The van der Waals surface area contributed by atoms with Gasteiger partial charge < -0.3 is 15.0 Å². The van der Waals surface area contributed by atoms with Gasteiger partial charge in [-0.05, 0) is 45.4 Å². The third-order valence-corrected chi connectivity index (χ3v) is 3.90. The van der Waals surface area contributed by atoms with Crippen LogP contribution >= 0.6 is 0 Å². The molecule has 0 atom stereocenters. The molecule has 0 saturated heterocycles. The summed E-state index contributed by atoms with van der Waals surface area (Å²) in [5.74, 6) is -0.513. The summed E-state index contributed by atoms with van der Waals surface area (Å²) >= 11 is 0. The van der Waals surface area contributed by atoms with Crippen LogP contribution in [0, 0.1) is 5.82 Å². The topological polar surface area (TPSA) is 87.3 Å². The van der Waals surface area contributed by atoms with Crippen molar-refractivity contribution in [3.63, 3.8) is 0 Å². The molecule has 7 nitrogen and oxygen atoms in total. The highest BCUT2D eigenvalue weighted by molar-refractivity contribution is 6.04. The number of carbonyl (C=O) groups excluding carboxylic acids is 2. The van der Waals surface area contributed by atoms with E-state index in [-0.39, 0.29) is 11.7 Å². The molecular formula is C18H21FN4O3. The van der Waals surface area contributed by atoms with Crippen LogP contribution in [-0.4, -0.2) is 39.2 Å². The first-order valence-corrected chi connectivity index (χ1v) is 8.34. The van der Waals surface area contributed by atoms with Crippen LogP contribution in [0.25, 0.3) is 0 Å². The van der Waals surface area contributed by atoms with Crippen molar-refractivity contribution in [1.29, 1.82) is 0 Å². The van der Waals surface area contributed by atoms with Crippen molar-refractivity contribution < 1.29 is 18.7 Å². The van der Waals surface area contributed by atoms with Gasteiger partial charge in [-0.2, -0.15) is 5.10 Å². The predicted octanol–water partition coefficient (Wildman–Crippen LogP) is 3.09. The summed E-state index contributed by atoms with van der Waals surface area (Å²) in [5, 5.41) is 9.67. The Labute approximate surface area is 150 Å². The zero-order valence-corrected chi connectivity index (χ0v) is 14.9. The lowest BCUT2D eigenvalue weighted by atomic mass is 10.1. The molecule has 8 heteroatoms. The van der Waals surface area contributed by atoms with Crippen molar-refractivity contribution in [2.24, 2.45) is 0 Å². The third kappa shape index (κ3) is 4.01. The van der Waals surface area contributed by atoms with Gasteiger partial charge in [-0.15, -0.1) is 0 Å². The molecular weight excluding hydrogens is 339 g/mol. The van der Waals surface area contributed by atoms with Gasteiger partial charge in [0.15, 0.2) is 5.82 Å². The Hall–Kier alpha value is -2.90. The number of aromatic nitrogens is 2. The Morgan fingerprint density at radius 2 is 2.12 bits per heavy atom. The summed E-state index contributed by atoms with van der Waals surface area (Å²) in [6.45, 7) is 6.24. The van der Waals surface area contributed by atoms with Crippen LogP contribution < -0.4 is 5.32 Å². The highest BCUT2D eigenvalue weighted by Gasteiger charge is 2.28. The van der Waals surface area contributed by atoms with Crippen molar-refractivity contribution >= 4 is 17.8 Å². The monoisotopic (exact) mass is 360 g/mol. The number of nitrogens with one attached hydrogen (secondary N) is 2. The van der Waals surface area contributed by atoms with Crippen LogP contribution in [0.4, 0.5) is 15.0 Å². The molecule has 0 bridgehead atoms. The van der Waals surface area contributed by atoms with E-state index in [9.17, 15) is 14.0 Å². The number of rotatable bonds is 2. The molecule has 2 amide bonds. The molecule has 0 saturated carbocycles. The predicted molar refractivity (Wildman–Crippen MR) is 93.3 cm³/mol. The lowest BCUT2D eigenvalue weighted by Gasteiger charge is -2.29. The Morgan fingerprint density at radius 1 is 1.35 bits per heavy atom. The van der Waals surface area contributed by atoms with Crippen molar-refractivity contribution in [3.05, 3.63) is 46.9 Å². The minimum atomic E-state index is -0.560. The van der Waals surface area contributed by atoms with E-state index < -0.39 is 17.3 Å². The molecule has 2 N–H and O–H groups in total. The quantitative estimate of drug-likeness (QED) is 0.861. The second-order valence-corrected chi connectivity index (χ2v) is 7.15. The molecule has 0 radical (unpaired) electrons. The number of aromatic amines is 1. The van der Waals surface area contributed by atoms with Gasteiger partial charge in [0.1, 0.15) is 11.4 Å². The van der Waals surface area contributed by atoms with Crippen LogP contribution in [-0.2, 0) is 17.7 Å². The van der Waals surface area contributed by atoms with Crippen LogP contribution in [0.3, 0.4) is 0 Å². The molecule has 0 aliphatic carbocycles. The molecule has 1 aromatic carbocycles. The number of ether oxygens (including phenoxy) is 1. The van der Waals surface area contributed by atoms with Gasteiger partial charge in [-0.1, -0.05) is 6.07 Å². The Morgan fingerprint density at radius 3 is 2.81 bits per heavy atom. The van der Waals surface area contributed by atoms with Gasteiger partial charge in [0.05, 0.1) is 12.2 Å². The molecule has 2 aromatic rings. The van der Waals surface area contributed by atoms with E-state index in [2.05, 4.69) is 15.5 Å². The molecule has 0 fully saturated rings. The number of anilines is 1. The summed E-state index contributed by atoms with van der Waals surface area (Å²) in [5.41, 5.74) is 1.24. The molecule has 1 aliphatic heterocycles.